The highest BCUT2D eigenvalue weighted by Crippen LogP contribution is 2.52. The molecule has 2 aliphatic rings. The second-order valence-electron chi connectivity index (χ2n) is 8.51. The summed E-state index contributed by atoms with van der Waals surface area (Å²) in [7, 11) is 0. The first kappa shape index (κ1) is 21.3. The van der Waals surface area contributed by atoms with E-state index in [1.54, 1.807) is 6.07 Å². The summed E-state index contributed by atoms with van der Waals surface area (Å²) in [6, 6.07) is 24.5. The number of halogens is 3. The molecule has 0 bridgehead atoms. The SMILES string of the molecule is CC1(c2ccc(Oc3ccc4ccc(Oc5ccc(C6(C(F)(F)F)N=N6)cc5)cc4c3)cc2)N=N1. The van der Waals surface area contributed by atoms with E-state index in [-0.39, 0.29) is 5.56 Å². The van der Waals surface area contributed by atoms with Crippen LogP contribution >= 0.6 is 0 Å². The highest BCUT2D eigenvalue weighted by atomic mass is 19.4. The summed E-state index contributed by atoms with van der Waals surface area (Å²) in [5.74, 6) is 2.30. The average Bonchev–Trinajstić information content (AvgIpc) is 3.76. The number of benzene rings is 4. The van der Waals surface area contributed by atoms with Crippen LogP contribution in [0.15, 0.2) is 105 Å². The highest BCUT2D eigenvalue weighted by molar-refractivity contribution is 5.85. The van der Waals surface area contributed by atoms with Crippen LogP contribution in [0.2, 0.25) is 0 Å². The summed E-state index contributed by atoms with van der Waals surface area (Å²) in [6.45, 7) is 1.94. The monoisotopic (exact) mass is 474 g/mol. The molecule has 0 amide bonds. The van der Waals surface area contributed by atoms with Crippen molar-refractivity contribution < 1.29 is 22.6 Å². The van der Waals surface area contributed by atoms with E-state index in [4.69, 9.17) is 9.47 Å². The Kier molecular flexibility index (Phi) is 4.48. The van der Waals surface area contributed by atoms with E-state index in [0.29, 0.717) is 23.0 Å². The van der Waals surface area contributed by atoms with Gasteiger partial charge < -0.3 is 9.47 Å². The molecule has 0 N–H and O–H groups in total. The van der Waals surface area contributed by atoms with Crippen molar-refractivity contribution >= 4 is 10.8 Å². The van der Waals surface area contributed by atoms with Crippen molar-refractivity contribution in [2.75, 3.05) is 0 Å². The summed E-state index contributed by atoms with van der Waals surface area (Å²) < 4.78 is 51.4. The van der Waals surface area contributed by atoms with Crippen LogP contribution in [0, 0.1) is 0 Å². The molecule has 0 unspecified atom stereocenters. The second-order valence-corrected chi connectivity index (χ2v) is 8.51. The highest BCUT2D eigenvalue weighted by Gasteiger charge is 2.65. The Labute approximate surface area is 197 Å². The van der Waals surface area contributed by atoms with Crippen LogP contribution in [-0.4, -0.2) is 6.18 Å². The van der Waals surface area contributed by atoms with E-state index in [1.165, 1.54) is 24.3 Å². The van der Waals surface area contributed by atoms with E-state index < -0.39 is 17.5 Å². The smallest absolute Gasteiger partial charge is 0.442 e. The Balaban J connectivity index is 1.18. The van der Waals surface area contributed by atoms with Crippen molar-refractivity contribution in [3.8, 4) is 23.0 Å². The first-order valence-electron chi connectivity index (χ1n) is 10.8. The van der Waals surface area contributed by atoms with Crippen LogP contribution in [0.3, 0.4) is 0 Å². The molecule has 2 heterocycles. The third kappa shape index (κ3) is 3.88. The number of fused-ring (bicyclic) bond motifs is 1. The number of hydrogen-bond acceptors (Lipinski definition) is 6. The zero-order valence-corrected chi connectivity index (χ0v) is 18.3. The summed E-state index contributed by atoms with van der Waals surface area (Å²) in [5.41, 5.74) is -1.90. The second kappa shape index (κ2) is 7.36. The molecule has 0 radical (unpaired) electrons. The van der Waals surface area contributed by atoms with E-state index in [0.717, 1.165) is 16.3 Å². The molecular weight excluding hydrogens is 457 g/mol. The van der Waals surface area contributed by atoms with Gasteiger partial charge in [0.15, 0.2) is 0 Å². The maximum Gasteiger partial charge on any atom is 0.442 e. The Bertz CT molecular complexity index is 1480. The lowest BCUT2D eigenvalue weighted by molar-refractivity contribution is -0.166. The van der Waals surface area contributed by atoms with Crippen LogP contribution in [0.25, 0.3) is 10.8 Å². The van der Waals surface area contributed by atoms with Gasteiger partial charge in [0.05, 0.1) is 0 Å². The van der Waals surface area contributed by atoms with Gasteiger partial charge >= 0.3 is 11.8 Å². The standard InChI is InChI=1S/C26H17F3N4O2/c1-24(30-31-24)18-4-10-20(11-5-18)34-22-8-2-16-3-9-23(15-17(16)14-22)35-21-12-6-19(7-13-21)25(32-33-25)26(27,28)29/h2-15H,1H3. The largest absolute Gasteiger partial charge is 0.457 e. The van der Waals surface area contributed by atoms with Gasteiger partial charge in [-0.3, -0.25) is 0 Å². The molecule has 35 heavy (non-hydrogen) atoms. The van der Waals surface area contributed by atoms with Gasteiger partial charge in [0, 0.05) is 11.1 Å². The fraction of sp³-hybridized carbons (Fsp3) is 0.154. The minimum absolute atomic E-state index is 0.0410. The zero-order chi connectivity index (χ0) is 24.3. The van der Waals surface area contributed by atoms with Gasteiger partial charge in [-0.15, -0.1) is 10.2 Å². The molecule has 4 aromatic carbocycles. The fourth-order valence-corrected chi connectivity index (χ4v) is 3.83. The third-order valence-corrected chi connectivity index (χ3v) is 6.01. The number of ether oxygens (including phenoxy) is 2. The van der Waals surface area contributed by atoms with Crippen molar-refractivity contribution in [1.82, 2.24) is 0 Å². The lowest BCUT2D eigenvalue weighted by Crippen LogP contribution is -2.29. The molecule has 0 fully saturated rings. The Morgan fingerprint density at radius 2 is 1.03 bits per heavy atom. The number of nitrogens with zero attached hydrogens (tertiary/aromatic N) is 4. The first-order valence-corrected chi connectivity index (χ1v) is 10.8. The van der Waals surface area contributed by atoms with Gasteiger partial charge in [0.25, 0.3) is 0 Å². The zero-order valence-electron chi connectivity index (χ0n) is 18.3. The molecule has 0 spiro atoms. The molecule has 6 nitrogen and oxygen atoms in total. The van der Waals surface area contributed by atoms with Gasteiger partial charge in [0.2, 0.25) is 5.66 Å². The topological polar surface area (TPSA) is 67.9 Å². The predicted molar refractivity (Wildman–Crippen MR) is 122 cm³/mol. The quantitative estimate of drug-likeness (QED) is 0.282. The summed E-state index contributed by atoms with van der Waals surface area (Å²) in [4.78, 5) is 0. The predicted octanol–water partition coefficient (Wildman–Crippen LogP) is 8.24. The van der Waals surface area contributed by atoms with Crippen LogP contribution < -0.4 is 9.47 Å². The summed E-state index contributed by atoms with van der Waals surface area (Å²) in [6.07, 6.45) is -4.56. The van der Waals surface area contributed by atoms with Gasteiger partial charge in [-0.05, 0) is 66.2 Å². The normalized spacial score (nSPS) is 16.8. The first-order chi connectivity index (χ1) is 16.7. The van der Waals surface area contributed by atoms with Crippen molar-refractivity contribution in [2.24, 2.45) is 20.5 Å². The van der Waals surface area contributed by atoms with Crippen molar-refractivity contribution in [3.05, 3.63) is 96.1 Å². The van der Waals surface area contributed by atoms with Crippen molar-refractivity contribution in [1.29, 1.82) is 0 Å². The fourth-order valence-electron chi connectivity index (χ4n) is 3.83. The van der Waals surface area contributed by atoms with E-state index in [9.17, 15) is 13.2 Å². The number of rotatable bonds is 6. The molecule has 174 valence electrons. The van der Waals surface area contributed by atoms with Crippen LogP contribution in [-0.2, 0) is 11.3 Å². The number of alkyl halides is 3. The summed E-state index contributed by atoms with van der Waals surface area (Å²) in [5, 5.41) is 16.4. The van der Waals surface area contributed by atoms with Gasteiger partial charge in [-0.2, -0.15) is 23.4 Å². The molecule has 0 saturated carbocycles. The molecule has 0 aliphatic carbocycles. The van der Waals surface area contributed by atoms with Gasteiger partial charge in [-0.25, -0.2) is 0 Å². The lowest BCUT2D eigenvalue weighted by atomic mass is 10.0. The van der Waals surface area contributed by atoms with Crippen LogP contribution in [0.5, 0.6) is 23.0 Å². The van der Waals surface area contributed by atoms with Crippen LogP contribution in [0.1, 0.15) is 18.1 Å². The molecule has 0 aromatic heterocycles. The van der Waals surface area contributed by atoms with Crippen molar-refractivity contribution in [3.63, 3.8) is 0 Å². The van der Waals surface area contributed by atoms with Crippen LogP contribution in [0.4, 0.5) is 13.2 Å². The Hall–Kier alpha value is -4.27. The van der Waals surface area contributed by atoms with Gasteiger partial charge in [-0.1, -0.05) is 36.4 Å². The van der Waals surface area contributed by atoms with Crippen molar-refractivity contribution in [2.45, 2.75) is 24.4 Å². The molecule has 0 saturated heterocycles. The molecule has 4 aromatic rings. The van der Waals surface area contributed by atoms with E-state index in [2.05, 4.69) is 20.5 Å². The molecule has 6 rings (SSSR count). The Morgan fingerprint density at radius 1 is 0.571 bits per heavy atom. The Morgan fingerprint density at radius 3 is 1.46 bits per heavy atom. The van der Waals surface area contributed by atoms with E-state index >= 15 is 0 Å². The molecule has 9 heteroatoms. The average molecular weight is 474 g/mol. The molecule has 2 aliphatic heterocycles. The maximum atomic E-state index is 13.2. The minimum Gasteiger partial charge on any atom is -0.457 e. The maximum absolute atomic E-state index is 13.2. The van der Waals surface area contributed by atoms with E-state index in [1.807, 2.05) is 61.5 Å². The van der Waals surface area contributed by atoms with Gasteiger partial charge in [0.1, 0.15) is 23.0 Å². The third-order valence-electron chi connectivity index (χ3n) is 6.01. The lowest BCUT2D eigenvalue weighted by Gasteiger charge is -2.15. The summed E-state index contributed by atoms with van der Waals surface area (Å²) >= 11 is 0. The molecular formula is C26H17F3N4O2. The molecule has 0 atom stereocenters. The number of hydrogen-bond donors (Lipinski definition) is 0. The minimum atomic E-state index is -4.56.